The highest BCUT2D eigenvalue weighted by Gasteiger charge is 2.32. The summed E-state index contributed by atoms with van der Waals surface area (Å²) in [7, 11) is -4.09. The van der Waals surface area contributed by atoms with E-state index in [9.17, 15) is 18.0 Å². The van der Waals surface area contributed by atoms with Crippen molar-refractivity contribution < 1.29 is 18.0 Å². The molecule has 0 aromatic heterocycles. The van der Waals surface area contributed by atoms with Gasteiger partial charge >= 0.3 is 0 Å². The first-order valence-electron chi connectivity index (χ1n) is 13.0. The number of unbranched alkanes of at least 4 members (excludes halogenated alkanes) is 1. The molecule has 0 fully saturated rings. The number of carbonyl (C=O) groups excluding carboxylic acids is 2. The summed E-state index contributed by atoms with van der Waals surface area (Å²) in [6.07, 6.45) is 1.74. The van der Waals surface area contributed by atoms with Crippen molar-refractivity contribution in [3.8, 4) is 0 Å². The Labute approximate surface area is 236 Å². The molecule has 2 amide bonds. The van der Waals surface area contributed by atoms with Crippen molar-refractivity contribution >= 4 is 39.1 Å². The normalized spacial score (nSPS) is 12.0. The summed E-state index contributed by atoms with van der Waals surface area (Å²) in [5.74, 6) is -0.795. The van der Waals surface area contributed by atoms with Gasteiger partial charge < -0.3 is 10.2 Å². The van der Waals surface area contributed by atoms with Crippen molar-refractivity contribution in [1.29, 1.82) is 0 Å². The Balaban J connectivity index is 2.01. The molecule has 9 heteroatoms. The van der Waals surface area contributed by atoms with Gasteiger partial charge in [-0.05, 0) is 80.3 Å². The molecule has 0 unspecified atom stereocenters. The van der Waals surface area contributed by atoms with Gasteiger partial charge in [-0.2, -0.15) is 0 Å². The van der Waals surface area contributed by atoms with Crippen LogP contribution in [0.3, 0.4) is 0 Å². The highest BCUT2D eigenvalue weighted by Crippen LogP contribution is 2.26. The van der Waals surface area contributed by atoms with Crippen molar-refractivity contribution in [3.05, 3.63) is 94.5 Å². The van der Waals surface area contributed by atoms with Crippen molar-refractivity contribution in [2.24, 2.45) is 0 Å². The van der Waals surface area contributed by atoms with Crippen molar-refractivity contribution in [2.45, 2.75) is 58.0 Å². The van der Waals surface area contributed by atoms with Crippen LogP contribution in [0.4, 0.5) is 5.69 Å². The molecule has 3 aromatic carbocycles. The molecule has 3 aromatic rings. The van der Waals surface area contributed by atoms with Gasteiger partial charge in [0.25, 0.3) is 10.0 Å². The van der Waals surface area contributed by atoms with E-state index in [4.69, 9.17) is 11.6 Å². The molecule has 0 spiro atoms. The highest BCUT2D eigenvalue weighted by molar-refractivity contribution is 7.92. The van der Waals surface area contributed by atoms with E-state index >= 15 is 0 Å². The van der Waals surface area contributed by atoms with Crippen LogP contribution in [0.2, 0.25) is 5.02 Å². The Kier molecular flexibility index (Phi) is 10.5. The fraction of sp³-hybridized carbons (Fsp3) is 0.333. The second-order valence-corrected chi connectivity index (χ2v) is 11.9. The fourth-order valence-electron chi connectivity index (χ4n) is 4.25. The molecule has 1 atom stereocenters. The van der Waals surface area contributed by atoms with Crippen LogP contribution in [0, 0.1) is 13.8 Å². The van der Waals surface area contributed by atoms with Gasteiger partial charge in [0.1, 0.15) is 12.6 Å². The lowest BCUT2D eigenvalue weighted by Gasteiger charge is -2.32. The Morgan fingerprint density at radius 3 is 2.15 bits per heavy atom. The van der Waals surface area contributed by atoms with Crippen LogP contribution in [0.5, 0.6) is 0 Å². The van der Waals surface area contributed by atoms with Crippen LogP contribution in [-0.2, 0) is 26.2 Å². The number of anilines is 1. The molecule has 7 nitrogen and oxygen atoms in total. The van der Waals surface area contributed by atoms with Crippen LogP contribution < -0.4 is 9.62 Å². The van der Waals surface area contributed by atoms with Crippen LogP contribution in [-0.4, -0.2) is 44.3 Å². The van der Waals surface area contributed by atoms with Gasteiger partial charge in [-0.25, -0.2) is 8.42 Å². The molecule has 0 aliphatic carbocycles. The quantitative estimate of drug-likeness (QED) is 0.292. The number of amides is 2. The average molecular weight is 570 g/mol. The van der Waals surface area contributed by atoms with Crippen molar-refractivity contribution in [3.63, 3.8) is 0 Å². The standard InChI is InChI=1S/C30H36ClN3O4S/c1-5-6-16-32-30(36)24(4)33(20-25-12-14-26(31)15-13-25)29(35)21-34(27-18-22(2)17-23(3)19-27)39(37,38)28-10-8-7-9-11-28/h7-15,17-19,24H,5-6,16,20-21H2,1-4H3,(H,32,36)/t24-/m1/s1. The Morgan fingerprint density at radius 2 is 1.56 bits per heavy atom. The van der Waals surface area contributed by atoms with E-state index in [2.05, 4.69) is 5.32 Å². The largest absolute Gasteiger partial charge is 0.354 e. The number of aryl methyl sites for hydroxylation is 2. The van der Waals surface area contributed by atoms with E-state index in [1.165, 1.54) is 17.0 Å². The molecule has 0 aliphatic rings. The number of benzene rings is 3. The predicted octanol–water partition coefficient (Wildman–Crippen LogP) is 5.49. The Bertz CT molecular complexity index is 1360. The van der Waals surface area contributed by atoms with Gasteiger partial charge in [-0.15, -0.1) is 0 Å². The molecular weight excluding hydrogens is 534 g/mol. The maximum Gasteiger partial charge on any atom is 0.264 e. The third-order valence-corrected chi connectivity index (χ3v) is 8.41. The number of rotatable bonds is 12. The zero-order valence-corrected chi connectivity index (χ0v) is 24.4. The third kappa shape index (κ3) is 8.07. The van der Waals surface area contributed by atoms with Gasteiger partial charge in [-0.1, -0.05) is 61.3 Å². The molecule has 0 saturated heterocycles. The number of carbonyl (C=O) groups is 2. The molecule has 0 heterocycles. The summed E-state index contributed by atoms with van der Waals surface area (Å²) in [6.45, 7) is 7.58. The number of halogens is 1. The maximum atomic E-state index is 13.9. The number of sulfonamides is 1. The van der Waals surface area contributed by atoms with Gasteiger partial charge in [0.05, 0.1) is 10.6 Å². The molecule has 3 rings (SSSR count). The lowest BCUT2D eigenvalue weighted by Crippen LogP contribution is -2.51. The Hall–Kier alpha value is -3.36. The smallest absolute Gasteiger partial charge is 0.264 e. The molecular formula is C30H36ClN3O4S. The summed E-state index contributed by atoms with van der Waals surface area (Å²) in [5, 5.41) is 3.44. The summed E-state index contributed by atoms with van der Waals surface area (Å²) < 4.78 is 28.8. The van der Waals surface area contributed by atoms with Crippen LogP contribution in [0.25, 0.3) is 0 Å². The van der Waals surface area contributed by atoms with Crippen LogP contribution in [0.1, 0.15) is 43.4 Å². The lowest BCUT2D eigenvalue weighted by molar-refractivity contribution is -0.139. The molecule has 0 radical (unpaired) electrons. The topological polar surface area (TPSA) is 86.8 Å². The fourth-order valence-corrected chi connectivity index (χ4v) is 5.79. The van der Waals surface area contributed by atoms with E-state index in [1.54, 1.807) is 61.5 Å². The molecule has 1 N–H and O–H groups in total. The van der Waals surface area contributed by atoms with Gasteiger partial charge in [0.15, 0.2) is 0 Å². The van der Waals surface area contributed by atoms with Crippen molar-refractivity contribution in [1.82, 2.24) is 10.2 Å². The minimum atomic E-state index is -4.09. The summed E-state index contributed by atoms with van der Waals surface area (Å²) in [5.41, 5.74) is 2.89. The van der Waals surface area contributed by atoms with Crippen LogP contribution in [0.15, 0.2) is 77.7 Å². The van der Waals surface area contributed by atoms with Gasteiger partial charge in [0.2, 0.25) is 11.8 Å². The summed E-state index contributed by atoms with van der Waals surface area (Å²) >= 11 is 6.05. The minimum Gasteiger partial charge on any atom is -0.354 e. The van der Waals surface area contributed by atoms with Gasteiger partial charge in [-0.3, -0.25) is 13.9 Å². The molecule has 0 saturated carbocycles. The van der Waals surface area contributed by atoms with E-state index in [0.717, 1.165) is 33.8 Å². The second-order valence-electron chi connectivity index (χ2n) is 9.64. The molecule has 39 heavy (non-hydrogen) atoms. The SMILES string of the molecule is CCCCNC(=O)[C@@H](C)N(Cc1ccc(Cl)cc1)C(=O)CN(c1cc(C)cc(C)c1)S(=O)(=O)c1ccccc1. The number of hydrogen-bond acceptors (Lipinski definition) is 4. The monoisotopic (exact) mass is 569 g/mol. The van der Waals surface area contributed by atoms with Gasteiger partial charge in [0, 0.05) is 18.1 Å². The third-order valence-electron chi connectivity index (χ3n) is 6.37. The summed E-state index contributed by atoms with van der Waals surface area (Å²) in [6, 6.07) is 19.6. The van der Waals surface area contributed by atoms with E-state index in [-0.39, 0.29) is 17.3 Å². The second kappa shape index (κ2) is 13.6. The predicted molar refractivity (Wildman–Crippen MR) is 156 cm³/mol. The van der Waals surface area contributed by atoms with Crippen molar-refractivity contribution in [2.75, 3.05) is 17.4 Å². The molecule has 208 valence electrons. The van der Waals surface area contributed by atoms with E-state index in [0.29, 0.717) is 17.3 Å². The highest BCUT2D eigenvalue weighted by atomic mass is 35.5. The maximum absolute atomic E-state index is 13.9. The van der Waals surface area contributed by atoms with E-state index < -0.39 is 28.5 Å². The summed E-state index contributed by atoms with van der Waals surface area (Å²) in [4.78, 5) is 28.4. The Morgan fingerprint density at radius 1 is 0.949 bits per heavy atom. The first-order chi connectivity index (χ1) is 18.5. The van der Waals surface area contributed by atoms with Crippen LogP contribution >= 0.6 is 11.6 Å². The average Bonchev–Trinajstić information content (AvgIpc) is 2.90. The molecule has 0 aliphatic heterocycles. The minimum absolute atomic E-state index is 0.0755. The zero-order valence-electron chi connectivity index (χ0n) is 22.9. The number of nitrogens with zero attached hydrogens (tertiary/aromatic N) is 2. The molecule has 0 bridgehead atoms. The first kappa shape index (κ1) is 30.2. The van der Waals surface area contributed by atoms with E-state index in [1.807, 2.05) is 26.8 Å². The lowest BCUT2D eigenvalue weighted by atomic mass is 10.1. The first-order valence-corrected chi connectivity index (χ1v) is 14.8. The number of hydrogen-bond donors (Lipinski definition) is 1. The zero-order chi connectivity index (χ0) is 28.6. The number of nitrogens with one attached hydrogen (secondary N) is 1.